The first-order chi connectivity index (χ1) is 6.97. The molecule has 0 aliphatic heterocycles. The molecule has 1 aliphatic rings. The van der Waals surface area contributed by atoms with E-state index in [9.17, 15) is 13.9 Å². The van der Waals surface area contributed by atoms with E-state index in [0.717, 1.165) is 25.0 Å². The monoisotopic (exact) mass is 213 g/mol. The van der Waals surface area contributed by atoms with Crippen LogP contribution in [0.4, 0.5) is 8.78 Å². The third kappa shape index (κ3) is 1.49. The lowest BCUT2D eigenvalue weighted by molar-refractivity contribution is 0.428. The molecule has 1 aromatic carbocycles. The molecule has 2 nitrogen and oxygen atoms in total. The number of aromatic hydroxyl groups is 1. The van der Waals surface area contributed by atoms with Gasteiger partial charge in [-0.2, -0.15) is 0 Å². The fourth-order valence-electron chi connectivity index (χ4n) is 2.04. The molecule has 1 aliphatic carbocycles. The Morgan fingerprint density at radius 2 is 1.87 bits per heavy atom. The van der Waals surface area contributed by atoms with Gasteiger partial charge in [-0.1, -0.05) is 0 Å². The minimum absolute atomic E-state index is 0.173. The molecule has 0 spiro atoms. The largest absolute Gasteiger partial charge is 0.508 e. The molecule has 4 heteroatoms. The van der Waals surface area contributed by atoms with Gasteiger partial charge >= 0.3 is 0 Å². The fourth-order valence-corrected chi connectivity index (χ4v) is 2.04. The molecule has 3 N–H and O–H groups in total. The second-order valence-corrected chi connectivity index (χ2v) is 4.23. The maximum atomic E-state index is 13.1. The highest BCUT2D eigenvalue weighted by Crippen LogP contribution is 2.53. The van der Waals surface area contributed by atoms with Crippen LogP contribution < -0.4 is 5.73 Å². The van der Waals surface area contributed by atoms with Crippen LogP contribution in [0, 0.1) is 11.6 Å². The highest BCUT2D eigenvalue weighted by Gasteiger charge is 2.49. The van der Waals surface area contributed by atoms with Crippen molar-refractivity contribution >= 4 is 0 Å². The third-order valence-electron chi connectivity index (χ3n) is 3.24. The fraction of sp³-hybridized carbons (Fsp3) is 0.455. The number of phenols is 1. The van der Waals surface area contributed by atoms with Gasteiger partial charge in [0.15, 0.2) is 11.6 Å². The number of hydrogen-bond donors (Lipinski definition) is 2. The molecule has 0 amide bonds. The summed E-state index contributed by atoms with van der Waals surface area (Å²) < 4.78 is 25.9. The zero-order valence-corrected chi connectivity index (χ0v) is 8.43. The molecule has 82 valence electrons. The molecule has 1 atom stereocenters. The van der Waals surface area contributed by atoms with Crippen molar-refractivity contribution < 1.29 is 13.9 Å². The lowest BCUT2D eigenvalue weighted by Gasteiger charge is -2.21. The first-order valence-electron chi connectivity index (χ1n) is 4.91. The Morgan fingerprint density at radius 1 is 1.33 bits per heavy atom. The Hall–Kier alpha value is -1.16. The molecule has 1 aromatic rings. The van der Waals surface area contributed by atoms with Gasteiger partial charge in [0.2, 0.25) is 0 Å². The average molecular weight is 213 g/mol. The van der Waals surface area contributed by atoms with Gasteiger partial charge in [0.05, 0.1) is 0 Å². The van der Waals surface area contributed by atoms with Gasteiger partial charge in [0.1, 0.15) is 5.75 Å². The zero-order valence-electron chi connectivity index (χ0n) is 8.43. The smallest absolute Gasteiger partial charge is 0.162 e. The Balaban J connectivity index is 2.49. The van der Waals surface area contributed by atoms with E-state index in [1.807, 2.05) is 6.92 Å². The highest BCUT2D eigenvalue weighted by molar-refractivity contribution is 5.44. The lowest BCUT2D eigenvalue weighted by Crippen LogP contribution is -2.31. The van der Waals surface area contributed by atoms with Gasteiger partial charge < -0.3 is 10.8 Å². The van der Waals surface area contributed by atoms with E-state index in [2.05, 4.69) is 0 Å². The van der Waals surface area contributed by atoms with Gasteiger partial charge in [0.25, 0.3) is 0 Å². The predicted molar refractivity (Wildman–Crippen MR) is 52.6 cm³/mol. The Morgan fingerprint density at radius 3 is 2.33 bits per heavy atom. The van der Waals surface area contributed by atoms with Crippen LogP contribution in [0.1, 0.15) is 25.3 Å². The summed E-state index contributed by atoms with van der Waals surface area (Å²) in [6, 6.07) is 1.70. The minimum atomic E-state index is -1.03. The molecule has 0 bridgehead atoms. The molecule has 0 radical (unpaired) electrons. The molecule has 2 rings (SSSR count). The summed E-state index contributed by atoms with van der Waals surface area (Å²) in [4.78, 5) is 0. The normalized spacial score (nSPS) is 20.0. The number of nitrogens with two attached hydrogens (primary N) is 1. The van der Waals surface area contributed by atoms with E-state index in [1.54, 1.807) is 0 Å². The Bertz CT molecular complexity index is 400. The molecule has 0 saturated heterocycles. The average Bonchev–Trinajstić information content (AvgIpc) is 2.92. The topological polar surface area (TPSA) is 46.2 Å². The van der Waals surface area contributed by atoms with Crippen LogP contribution in [0.25, 0.3) is 0 Å². The van der Waals surface area contributed by atoms with Gasteiger partial charge in [-0.05, 0) is 25.8 Å². The summed E-state index contributed by atoms with van der Waals surface area (Å²) in [7, 11) is 0. The first-order valence-corrected chi connectivity index (χ1v) is 4.91. The van der Waals surface area contributed by atoms with Gasteiger partial charge in [-0.15, -0.1) is 0 Å². The molecule has 0 aromatic heterocycles. The summed E-state index contributed by atoms with van der Waals surface area (Å²) in [6.07, 6.45) is 1.62. The van der Waals surface area contributed by atoms with E-state index in [4.69, 9.17) is 5.73 Å². The van der Waals surface area contributed by atoms with Crippen LogP contribution in [0.15, 0.2) is 12.1 Å². The number of halogens is 2. The van der Waals surface area contributed by atoms with E-state index in [1.165, 1.54) is 0 Å². The van der Waals surface area contributed by atoms with Gasteiger partial charge in [-0.3, -0.25) is 0 Å². The van der Waals surface area contributed by atoms with Crippen molar-refractivity contribution in [2.24, 2.45) is 5.73 Å². The standard InChI is InChI=1S/C11H13F2NO/c1-6(14)11(2-3-11)7-4-8(12)9(13)5-10(7)15/h4-6,15H,2-3,14H2,1H3. The van der Waals surface area contributed by atoms with Gasteiger partial charge in [-0.25, -0.2) is 8.78 Å². The highest BCUT2D eigenvalue weighted by atomic mass is 19.2. The Labute approximate surface area is 86.7 Å². The van der Waals surface area contributed by atoms with Crippen molar-refractivity contribution in [2.75, 3.05) is 0 Å². The van der Waals surface area contributed by atoms with Crippen molar-refractivity contribution in [1.82, 2.24) is 0 Å². The van der Waals surface area contributed by atoms with Gasteiger partial charge in [0, 0.05) is 23.1 Å². The minimum Gasteiger partial charge on any atom is -0.508 e. The summed E-state index contributed by atoms with van der Waals surface area (Å²) in [5, 5.41) is 9.58. The summed E-state index contributed by atoms with van der Waals surface area (Å²) in [5.41, 5.74) is 5.86. The Kier molecular flexibility index (Phi) is 2.19. The van der Waals surface area contributed by atoms with Crippen molar-refractivity contribution in [3.05, 3.63) is 29.3 Å². The maximum absolute atomic E-state index is 13.1. The molecule has 15 heavy (non-hydrogen) atoms. The zero-order chi connectivity index (χ0) is 11.2. The van der Waals surface area contributed by atoms with Crippen LogP contribution in [-0.4, -0.2) is 11.1 Å². The molecule has 0 heterocycles. The summed E-state index contributed by atoms with van der Waals surface area (Å²) >= 11 is 0. The molecular formula is C11H13F2NO. The van der Waals surface area contributed by atoms with Crippen LogP contribution in [0.2, 0.25) is 0 Å². The maximum Gasteiger partial charge on any atom is 0.162 e. The first kappa shape index (κ1) is 10.4. The van der Waals surface area contributed by atoms with Crippen molar-refractivity contribution in [2.45, 2.75) is 31.2 Å². The van der Waals surface area contributed by atoms with Crippen LogP contribution >= 0.6 is 0 Å². The van der Waals surface area contributed by atoms with Crippen LogP contribution in [-0.2, 0) is 5.41 Å². The van der Waals surface area contributed by atoms with E-state index < -0.39 is 11.6 Å². The second-order valence-electron chi connectivity index (χ2n) is 4.23. The number of rotatable bonds is 2. The summed E-state index contributed by atoms with van der Waals surface area (Å²) in [5.74, 6) is -2.17. The SMILES string of the molecule is CC(N)C1(c2cc(F)c(F)cc2O)CC1. The van der Waals surface area contributed by atoms with Crippen molar-refractivity contribution in [3.8, 4) is 5.75 Å². The van der Waals surface area contributed by atoms with Crippen LogP contribution in [0.5, 0.6) is 5.75 Å². The number of hydrogen-bond acceptors (Lipinski definition) is 2. The second kappa shape index (κ2) is 3.17. The predicted octanol–water partition coefficient (Wildman–Crippen LogP) is 2.05. The molecule has 1 unspecified atom stereocenters. The molecular weight excluding hydrogens is 200 g/mol. The van der Waals surface area contributed by atoms with E-state index in [0.29, 0.717) is 5.56 Å². The van der Waals surface area contributed by atoms with E-state index >= 15 is 0 Å². The van der Waals surface area contributed by atoms with Crippen LogP contribution in [0.3, 0.4) is 0 Å². The molecule has 1 saturated carbocycles. The van der Waals surface area contributed by atoms with Crippen molar-refractivity contribution in [3.63, 3.8) is 0 Å². The summed E-state index contributed by atoms with van der Waals surface area (Å²) in [6.45, 7) is 1.81. The van der Waals surface area contributed by atoms with E-state index in [-0.39, 0.29) is 17.2 Å². The lowest BCUT2D eigenvalue weighted by atomic mass is 9.88. The molecule has 1 fully saturated rings. The third-order valence-corrected chi connectivity index (χ3v) is 3.24. The number of benzene rings is 1. The van der Waals surface area contributed by atoms with Crippen molar-refractivity contribution in [1.29, 1.82) is 0 Å². The number of phenolic OH excluding ortho intramolecular Hbond substituents is 1. The quantitative estimate of drug-likeness (QED) is 0.789.